The molecule has 0 spiro atoms. The molecule has 0 aliphatic heterocycles. The molecule has 0 aliphatic carbocycles. The van der Waals surface area contributed by atoms with Crippen LogP contribution in [0, 0.1) is 12.7 Å². The van der Waals surface area contributed by atoms with E-state index in [1.165, 1.54) is 17.4 Å². The fourth-order valence-corrected chi connectivity index (χ4v) is 3.26. The zero-order chi connectivity index (χ0) is 20.1. The van der Waals surface area contributed by atoms with E-state index in [0.29, 0.717) is 0 Å². The number of aryl methyl sites for hydroxylation is 2. The Kier molecular flexibility index (Phi) is 6.15. The Bertz CT molecular complexity index is 998. The van der Waals surface area contributed by atoms with E-state index in [0.717, 1.165) is 35.9 Å². The van der Waals surface area contributed by atoms with Gasteiger partial charge in [0.1, 0.15) is 17.3 Å². The molecule has 1 aromatic carbocycles. The predicted molar refractivity (Wildman–Crippen MR) is 105 cm³/mol. The second kappa shape index (κ2) is 8.75. The number of carbonyl (C=O) groups is 2. The SMILES string of the molecule is CCCn1ccnc1CNC(=O)c1cc(F)cc(NC(=O)c2csc(C)n2)c1. The van der Waals surface area contributed by atoms with E-state index in [9.17, 15) is 14.0 Å². The number of rotatable bonds is 7. The number of anilines is 1. The molecule has 146 valence electrons. The van der Waals surface area contributed by atoms with Crippen molar-refractivity contribution in [2.75, 3.05) is 5.32 Å². The van der Waals surface area contributed by atoms with Crippen LogP contribution in [0.1, 0.15) is 45.0 Å². The third-order valence-electron chi connectivity index (χ3n) is 3.94. The van der Waals surface area contributed by atoms with Crippen LogP contribution in [-0.2, 0) is 13.1 Å². The van der Waals surface area contributed by atoms with Gasteiger partial charge in [-0.2, -0.15) is 0 Å². The molecule has 9 heteroatoms. The minimum atomic E-state index is -0.620. The highest BCUT2D eigenvalue weighted by molar-refractivity contribution is 7.09. The number of thiazole rings is 1. The molecule has 2 heterocycles. The van der Waals surface area contributed by atoms with E-state index in [1.807, 2.05) is 10.8 Å². The molecule has 7 nitrogen and oxygen atoms in total. The molecule has 0 fully saturated rings. The van der Waals surface area contributed by atoms with Crippen LogP contribution in [-0.4, -0.2) is 26.3 Å². The summed E-state index contributed by atoms with van der Waals surface area (Å²) in [5.74, 6) is -0.808. The fourth-order valence-electron chi connectivity index (χ4n) is 2.67. The molecule has 0 bridgehead atoms. The highest BCUT2D eigenvalue weighted by Gasteiger charge is 2.14. The molecule has 0 radical (unpaired) electrons. The van der Waals surface area contributed by atoms with E-state index in [4.69, 9.17) is 0 Å². The Hall–Kier alpha value is -3.07. The highest BCUT2D eigenvalue weighted by atomic mass is 32.1. The van der Waals surface area contributed by atoms with Crippen molar-refractivity contribution < 1.29 is 14.0 Å². The molecule has 2 N–H and O–H groups in total. The van der Waals surface area contributed by atoms with Crippen molar-refractivity contribution in [3.8, 4) is 0 Å². The van der Waals surface area contributed by atoms with Crippen LogP contribution in [0.2, 0.25) is 0 Å². The largest absolute Gasteiger partial charge is 0.345 e. The van der Waals surface area contributed by atoms with E-state index in [2.05, 4.69) is 27.5 Å². The molecule has 0 aliphatic rings. The molecular formula is C19H20FN5O2S. The quantitative estimate of drug-likeness (QED) is 0.635. The second-order valence-corrected chi connectivity index (χ2v) is 7.22. The summed E-state index contributed by atoms with van der Waals surface area (Å²) in [7, 11) is 0. The van der Waals surface area contributed by atoms with Crippen molar-refractivity contribution in [2.45, 2.75) is 33.4 Å². The van der Waals surface area contributed by atoms with Gasteiger partial charge in [0.25, 0.3) is 11.8 Å². The molecule has 2 aromatic heterocycles. The number of hydrogen-bond acceptors (Lipinski definition) is 5. The standard InChI is InChI=1S/C19H20FN5O2S/c1-3-5-25-6-4-21-17(25)10-22-18(26)13-7-14(20)9-15(8-13)24-19(27)16-11-28-12(2)23-16/h4,6-9,11H,3,5,10H2,1-2H3,(H,22,26)(H,24,27). The first-order chi connectivity index (χ1) is 13.5. The van der Waals surface area contributed by atoms with Gasteiger partial charge in [0, 0.05) is 35.6 Å². The summed E-state index contributed by atoms with van der Waals surface area (Å²) < 4.78 is 15.9. The Labute approximate surface area is 165 Å². The van der Waals surface area contributed by atoms with Gasteiger partial charge in [-0.15, -0.1) is 11.3 Å². The topological polar surface area (TPSA) is 88.9 Å². The van der Waals surface area contributed by atoms with Crippen molar-refractivity contribution >= 4 is 28.8 Å². The third-order valence-corrected chi connectivity index (χ3v) is 4.72. The number of imidazole rings is 1. The van der Waals surface area contributed by atoms with Gasteiger partial charge >= 0.3 is 0 Å². The molecule has 3 aromatic rings. The van der Waals surface area contributed by atoms with Crippen LogP contribution in [0.3, 0.4) is 0 Å². The van der Waals surface area contributed by atoms with Gasteiger partial charge in [-0.1, -0.05) is 6.92 Å². The van der Waals surface area contributed by atoms with Crippen LogP contribution < -0.4 is 10.6 Å². The van der Waals surface area contributed by atoms with Crippen molar-refractivity contribution in [3.05, 3.63) is 63.9 Å². The summed E-state index contributed by atoms with van der Waals surface area (Å²) in [5.41, 5.74) is 0.548. The van der Waals surface area contributed by atoms with Crippen LogP contribution in [0.25, 0.3) is 0 Å². The van der Waals surface area contributed by atoms with E-state index >= 15 is 0 Å². The van der Waals surface area contributed by atoms with Gasteiger partial charge in [0.05, 0.1) is 11.6 Å². The molecule has 0 unspecified atom stereocenters. The third kappa shape index (κ3) is 4.80. The van der Waals surface area contributed by atoms with Gasteiger partial charge in [-0.25, -0.2) is 14.4 Å². The summed E-state index contributed by atoms with van der Waals surface area (Å²) in [5, 5.41) is 7.68. The van der Waals surface area contributed by atoms with Gasteiger partial charge < -0.3 is 15.2 Å². The number of nitrogens with one attached hydrogen (secondary N) is 2. The van der Waals surface area contributed by atoms with Crippen molar-refractivity contribution in [3.63, 3.8) is 0 Å². The molecule has 0 saturated heterocycles. The zero-order valence-electron chi connectivity index (χ0n) is 15.5. The van der Waals surface area contributed by atoms with Gasteiger partial charge in [-0.3, -0.25) is 9.59 Å². The number of aromatic nitrogens is 3. The number of hydrogen-bond donors (Lipinski definition) is 2. The lowest BCUT2D eigenvalue weighted by atomic mass is 10.1. The Morgan fingerprint density at radius 1 is 1.25 bits per heavy atom. The van der Waals surface area contributed by atoms with Crippen molar-refractivity contribution in [1.29, 1.82) is 0 Å². The van der Waals surface area contributed by atoms with Crippen molar-refractivity contribution in [1.82, 2.24) is 19.9 Å². The minimum Gasteiger partial charge on any atom is -0.345 e. The first-order valence-corrected chi connectivity index (χ1v) is 9.66. The molecule has 28 heavy (non-hydrogen) atoms. The predicted octanol–water partition coefficient (Wildman–Crippen LogP) is 3.38. The summed E-state index contributed by atoms with van der Waals surface area (Å²) in [6, 6.07) is 3.70. The lowest BCUT2D eigenvalue weighted by molar-refractivity contribution is 0.0947. The van der Waals surface area contributed by atoms with E-state index < -0.39 is 17.6 Å². The highest BCUT2D eigenvalue weighted by Crippen LogP contribution is 2.16. The first-order valence-electron chi connectivity index (χ1n) is 8.78. The Morgan fingerprint density at radius 2 is 2.07 bits per heavy atom. The number of benzene rings is 1. The maximum atomic E-state index is 14.0. The number of carbonyl (C=O) groups excluding carboxylic acids is 2. The molecule has 0 atom stereocenters. The lowest BCUT2D eigenvalue weighted by Gasteiger charge is -2.10. The molecule has 2 amide bonds. The van der Waals surface area contributed by atoms with Crippen molar-refractivity contribution in [2.24, 2.45) is 0 Å². The monoisotopic (exact) mass is 401 g/mol. The average Bonchev–Trinajstić information content (AvgIpc) is 3.28. The van der Waals surface area contributed by atoms with Gasteiger partial charge in [0.15, 0.2) is 0 Å². The summed E-state index contributed by atoms with van der Waals surface area (Å²) in [6.07, 6.45) is 4.47. The summed E-state index contributed by atoms with van der Waals surface area (Å²) >= 11 is 1.35. The fraction of sp³-hybridized carbons (Fsp3) is 0.263. The molecule has 3 rings (SSSR count). The molecule has 0 saturated carbocycles. The van der Waals surface area contributed by atoms with E-state index in [1.54, 1.807) is 18.5 Å². The second-order valence-electron chi connectivity index (χ2n) is 6.15. The number of halogens is 1. The summed E-state index contributed by atoms with van der Waals surface area (Å²) in [6.45, 7) is 4.87. The van der Waals surface area contributed by atoms with Crippen LogP contribution in [0.15, 0.2) is 36.0 Å². The molecular weight excluding hydrogens is 381 g/mol. The summed E-state index contributed by atoms with van der Waals surface area (Å²) in [4.78, 5) is 32.9. The maximum Gasteiger partial charge on any atom is 0.275 e. The lowest BCUT2D eigenvalue weighted by Crippen LogP contribution is -2.25. The number of amides is 2. The van der Waals surface area contributed by atoms with Crippen LogP contribution in [0.4, 0.5) is 10.1 Å². The average molecular weight is 401 g/mol. The van der Waals surface area contributed by atoms with Gasteiger partial charge in [-0.05, 0) is 31.5 Å². The minimum absolute atomic E-state index is 0.110. The first kappa shape index (κ1) is 19.7. The smallest absolute Gasteiger partial charge is 0.275 e. The van der Waals surface area contributed by atoms with Gasteiger partial charge in [0.2, 0.25) is 0 Å². The van der Waals surface area contributed by atoms with Crippen LogP contribution in [0.5, 0.6) is 0 Å². The Morgan fingerprint density at radius 3 is 2.79 bits per heavy atom. The van der Waals surface area contributed by atoms with E-state index in [-0.39, 0.29) is 23.5 Å². The maximum absolute atomic E-state index is 14.0. The Balaban J connectivity index is 1.69. The number of nitrogens with zero attached hydrogens (tertiary/aromatic N) is 3. The van der Waals surface area contributed by atoms with Crippen LogP contribution >= 0.6 is 11.3 Å². The zero-order valence-corrected chi connectivity index (χ0v) is 16.3. The normalized spacial score (nSPS) is 10.7.